The fraction of sp³-hybridized carbons (Fsp3) is 0.250. The molecule has 0 radical (unpaired) electrons. The van der Waals surface area contributed by atoms with Crippen LogP contribution in [0, 0.1) is 0 Å². The molecule has 68 valence electrons. The average molecular weight is 178 g/mol. The highest BCUT2D eigenvalue weighted by molar-refractivity contribution is 5.07. The van der Waals surface area contributed by atoms with Gasteiger partial charge in [-0.2, -0.15) is 4.98 Å². The molecule has 0 aromatic carbocycles. The van der Waals surface area contributed by atoms with Crippen LogP contribution in [-0.2, 0) is 13.1 Å². The zero-order chi connectivity index (χ0) is 8.93. The number of nitrogens with zero attached hydrogens (tertiary/aromatic N) is 2. The van der Waals surface area contributed by atoms with Gasteiger partial charge in [-0.15, -0.1) is 0 Å². The number of nitrogens with one attached hydrogen (secondary N) is 2. The molecule has 0 atom stereocenters. The first-order valence-electron chi connectivity index (χ1n) is 4.03. The summed E-state index contributed by atoms with van der Waals surface area (Å²) in [4.78, 5) is 6.87. The predicted molar refractivity (Wildman–Crippen MR) is 45.6 cm³/mol. The minimum Gasteiger partial charge on any atom is -0.367 e. The first-order valence-corrected chi connectivity index (χ1v) is 4.03. The fourth-order valence-corrected chi connectivity index (χ4v) is 1.06. The zero-order valence-corrected chi connectivity index (χ0v) is 7.03. The van der Waals surface area contributed by atoms with Crippen molar-refractivity contribution in [2.24, 2.45) is 0 Å². The van der Waals surface area contributed by atoms with Crippen molar-refractivity contribution in [1.82, 2.24) is 20.4 Å². The maximum absolute atomic E-state index is 4.59. The van der Waals surface area contributed by atoms with Gasteiger partial charge in [0.1, 0.15) is 0 Å². The van der Waals surface area contributed by atoms with Crippen molar-refractivity contribution < 1.29 is 4.52 Å². The van der Waals surface area contributed by atoms with Gasteiger partial charge >= 0.3 is 0 Å². The smallest absolute Gasteiger partial charge is 0.213 e. The summed E-state index contributed by atoms with van der Waals surface area (Å²) >= 11 is 0. The highest BCUT2D eigenvalue weighted by Crippen LogP contribution is 1.95. The molecule has 5 nitrogen and oxygen atoms in total. The molecular weight excluding hydrogens is 168 g/mol. The molecule has 0 unspecified atom stereocenters. The highest BCUT2D eigenvalue weighted by atomic mass is 16.5. The summed E-state index contributed by atoms with van der Waals surface area (Å²) in [5.74, 6) is 0.676. The second kappa shape index (κ2) is 3.86. The monoisotopic (exact) mass is 178 g/mol. The Morgan fingerprint density at radius 2 is 2.46 bits per heavy atom. The topological polar surface area (TPSA) is 66.7 Å². The summed E-state index contributed by atoms with van der Waals surface area (Å²) in [6.45, 7) is 1.43. The van der Waals surface area contributed by atoms with Crippen molar-refractivity contribution in [3.05, 3.63) is 36.2 Å². The van der Waals surface area contributed by atoms with E-state index in [4.69, 9.17) is 0 Å². The highest BCUT2D eigenvalue weighted by Gasteiger charge is 1.97. The molecule has 5 heteroatoms. The van der Waals surface area contributed by atoms with E-state index < -0.39 is 0 Å². The average Bonchev–Trinajstić information content (AvgIpc) is 2.75. The normalized spacial score (nSPS) is 10.5. The number of H-pyrrole nitrogens is 1. The summed E-state index contributed by atoms with van der Waals surface area (Å²) in [5.41, 5.74) is 1.21. The number of aromatic nitrogens is 3. The van der Waals surface area contributed by atoms with E-state index in [9.17, 15) is 0 Å². The standard InChI is InChI=1S/C8H10N4O/c1-2-9-3-7(1)4-10-5-8-11-6-13-12-8/h1-3,6,9-10H,4-5H2. The van der Waals surface area contributed by atoms with Crippen LogP contribution in [0.15, 0.2) is 29.4 Å². The minimum absolute atomic E-state index is 0.627. The van der Waals surface area contributed by atoms with Gasteiger partial charge in [-0.25, -0.2) is 0 Å². The molecule has 2 aromatic heterocycles. The largest absolute Gasteiger partial charge is 0.367 e. The summed E-state index contributed by atoms with van der Waals surface area (Å²) in [6, 6.07) is 2.02. The van der Waals surface area contributed by atoms with E-state index in [0.717, 1.165) is 6.54 Å². The molecule has 0 bridgehead atoms. The Morgan fingerprint density at radius 1 is 1.46 bits per heavy atom. The Kier molecular flexibility index (Phi) is 2.38. The lowest BCUT2D eigenvalue weighted by Crippen LogP contribution is -2.13. The SMILES string of the molecule is c1cc(CNCc2ncon2)c[nH]1. The van der Waals surface area contributed by atoms with Gasteiger partial charge in [-0.05, 0) is 11.6 Å². The number of hydrogen-bond acceptors (Lipinski definition) is 4. The molecule has 0 fully saturated rings. The van der Waals surface area contributed by atoms with Crippen molar-refractivity contribution in [2.45, 2.75) is 13.1 Å². The van der Waals surface area contributed by atoms with Crippen molar-refractivity contribution in [2.75, 3.05) is 0 Å². The van der Waals surface area contributed by atoms with Crippen molar-refractivity contribution in [1.29, 1.82) is 0 Å². The first-order chi connectivity index (χ1) is 6.45. The van der Waals surface area contributed by atoms with E-state index in [1.54, 1.807) is 0 Å². The molecule has 0 saturated carbocycles. The molecule has 13 heavy (non-hydrogen) atoms. The van der Waals surface area contributed by atoms with E-state index in [-0.39, 0.29) is 0 Å². The third-order valence-corrected chi connectivity index (χ3v) is 1.68. The Balaban J connectivity index is 1.76. The lowest BCUT2D eigenvalue weighted by atomic mass is 10.3. The van der Waals surface area contributed by atoms with Crippen LogP contribution in [-0.4, -0.2) is 15.1 Å². The van der Waals surface area contributed by atoms with E-state index in [1.165, 1.54) is 12.0 Å². The van der Waals surface area contributed by atoms with Crippen LogP contribution < -0.4 is 5.32 Å². The van der Waals surface area contributed by atoms with Gasteiger partial charge in [0.2, 0.25) is 6.39 Å². The van der Waals surface area contributed by atoms with Gasteiger partial charge in [0.15, 0.2) is 5.82 Å². The van der Waals surface area contributed by atoms with Crippen molar-refractivity contribution in [3.63, 3.8) is 0 Å². The Labute approximate surface area is 75.2 Å². The molecule has 0 spiro atoms. The number of hydrogen-bond donors (Lipinski definition) is 2. The van der Waals surface area contributed by atoms with Gasteiger partial charge in [-0.1, -0.05) is 5.16 Å². The Morgan fingerprint density at radius 3 is 3.15 bits per heavy atom. The quantitative estimate of drug-likeness (QED) is 0.722. The summed E-state index contributed by atoms with van der Waals surface area (Å²) in [6.07, 6.45) is 5.17. The third-order valence-electron chi connectivity index (χ3n) is 1.68. The lowest BCUT2D eigenvalue weighted by molar-refractivity contribution is 0.407. The summed E-state index contributed by atoms with van der Waals surface area (Å²) < 4.78 is 4.59. The van der Waals surface area contributed by atoms with E-state index >= 15 is 0 Å². The van der Waals surface area contributed by atoms with Crippen molar-refractivity contribution >= 4 is 0 Å². The molecule has 2 aromatic rings. The Bertz CT molecular complexity index is 293. The maximum atomic E-state index is 4.59. The predicted octanol–water partition coefficient (Wildman–Crippen LogP) is 0.688. The fourth-order valence-electron chi connectivity index (χ4n) is 1.06. The summed E-state index contributed by atoms with van der Waals surface area (Å²) in [5, 5.41) is 6.86. The molecule has 2 heterocycles. The molecule has 0 aliphatic carbocycles. The molecule has 0 aliphatic rings. The Hall–Kier alpha value is -1.62. The minimum atomic E-state index is 0.627. The summed E-state index contributed by atoms with van der Waals surface area (Å²) in [7, 11) is 0. The van der Waals surface area contributed by atoms with Crippen molar-refractivity contribution in [3.8, 4) is 0 Å². The van der Waals surface area contributed by atoms with E-state index in [1.807, 2.05) is 18.5 Å². The van der Waals surface area contributed by atoms with Gasteiger partial charge in [-0.3, -0.25) is 0 Å². The molecule has 0 aliphatic heterocycles. The molecular formula is C8H10N4O. The lowest BCUT2D eigenvalue weighted by Gasteiger charge is -1.97. The zero-order valence-electron chi connectivity index (χ0n) is 7.03. The van der Waals surface area contributed by atoms with Crippen LogP contribution in [0.25, 0.3) is 0 Å². The van der Waals surface area contributed by atoms with Crippen LogP contribution in [0.1, 0.15) is 11.4 Å². The molecule has 2 N–H and O–H groups in total. The van der Waals surface area contributed by atoms with Gasteiger partial charge in [0.05, 0.1) is 6.54 Å². The van der Waals surface area contributed by atoms with E-state index in [2.05, 4.69) is 25.0 Å². The molecule has 0 saturated heterocycles. The van der Waals surface area contributed by atoms with Gasteiger partial charge < -0.3 is 14.8 Å². The van der Waals surface area contributed by atoms with E-state index in [0.29, 0.717) is 12.4 Å². The molecule has 0 amide bonds. The number of rotatable bonds is 4. The first kappa shape index (κ1) is 8.00. The van der Waals surface area contributed by atoms with Crippen LogP contribution in [0.5, 0.6) is 0 Å². The number of aromatic amines is 1. The maximum Gasteiger partial charge on any atom is 0.213 e. The van der Waals surface area contributed by atoms with Crippen LogP contribution in [0.2, 0.25) is 0 Å². The van der Waals surface area contributed by atoms with Crippen LogP contribution in [0.4, 0.5) is 0 Å². The second-order valence-electron chi connectivity index (χ2n) is 2.67. The van der Waals surface area contributed by atoms with Gasteiger partial charge in [0.25, 0.3) is 0 Å². The van der Waals surface area contributed by atoms with Crippen LogP contribution >= 0.6 is 0 Å². The third kappa shape index (κ3) is 2.16. The second-order valence-corrected chi connectivity index (χ2v) is 2.67. The van der Waals surface area contributed by atoms with Gasteiger partial charge in [0, 0.05) is 18.9 Å². The molecule has 2 rings (SSSR count). The van der Waals surface area contributed by atoms with Crippen LogP contribution in [0.3, 0.4) is 0 Å².